The molecular formula is C10H11N5O4. The monoisotopic (exact) mass is 265 g/mol. The van der Waals surface area contributed by atoms with Crippen molar-refractivity contribution in [3.05, 3.63) is 24.7 Å². The fourth-order valence-corrected chi connectivity index (χ4v) is 1.99. The summed E-state index contributed by atoms with van der Waals surface area (Å²) in [5.41, 5.74) is 6.39. The largest absolute Gasteiger partial charge is 0.512 e. The van der Waals surface area contributed by atoms with Crippen LogP contribution in [0.15, 0.2) is 24.7 Å². The summed E-state index contributed by atoms with van der Waals surface area (Å²) >= 11 is 0. The van der Waals surface area contributed by atoms with E-state index in [2.05, 4.69) is 15.0 Å². The van der Waals surface area contributed by atoms with E-state index in [9.17, 15) is 10.2 Å². The van der Waals surface area contributed by atoms with Crippen LogP contribution in [-0.4, -0.2) is 47.0 Å². The van der Waals surface area contributed by atoms with Crippen molar-refractivity contribution >= 4 is 17.0 Å². The first-order valence-corrected chi connectivity index (χ1v) is 5.43. The number of imidazole rings is 1. The molecule has 3 heterocycles. The molecule has 0 spiro atoms. The van der Waals surface area contributed by atoms with Crippen molar-refractivity contribution in [3.8, 4) is 0 Å². The molecule has 5 N–H and O–H groups in total. The highest BCUT2D eigenvalue weighted by molar-refractivity contribution is 5.81. The van der Waals surface area contributed by atoms with Gasteiger partial charge in [-0.1, -0.05) is 0 Å². The molecule has 3 rings (SSSR count). The number of aromatic nitrogens is 4. The van der Waals surface area contributed by atoms with Gasteiger partial charge in [-0.2, -0.15) is 0 Å². The molecule has 3 atom stereocenters. The minimum absolute atomic E-state index is 0.124. The van der Waals surface area contributed by atoms with Gasteiger partial charge in [-0.3, -0.25) is 4.57 Å². The Bertz CT molecular complexity index is 654. The fraction of sp³-hybridized carbons (Fsp3) is 0.300. The van der Waals surface area contributed by atoms with Crippen LogP contribution in [0.5, 0.6) is 0 Å². The number of ether oxygens (including phenoxy) is 1. The number of fused-ring (bicyclic) bond motifs is 1. The van der Waals surface area contributed by atoms with E-state index in [1.807, 2.05) is 0 Å². The third-order valence-electron chi connectivity index (χ3n) is 2.95. The molecule has 19 heavy (non-hydrogen) atoms. The molecule has 2 aromatic rings. The summed E-state index contributed by atoms with van der Waals surface area (Å²) in [5.74, 6) is 0.0797. The average Bonchev–Trinajstić information content (AvgIpc) is 2.94. The van der Waals surface area contributed by atoms with E-state index in [0.717, 1.165) is 0 Å². The number of aliphatic hydroxyl groups excluding tert-OH is 3. The fourth-order valence-electron chi connectivity index (χ4n) is 1.99. The molecule has 1 aliphatic heterocycles. The Morgan fingerprint density at radius 2 is 2.11 bits per heavy atom. The van der Waals surface area contributed by atoms with Crippen LogP contribution < -0.4 is 5.73 Å². The van der Waals surface area contributed by atoms with Crippen molar-refractivity contribution in [1.82, 2.24) is 19.5 Å². The molecule has 0 aliphatic carbocycles. The number of rotatable bonds is 1. The number of nitrogens with zero attached hydrogens (tertiary/aromatic N) is 4. The Morgan fingerprint density at radius 3 is 2.79 bits per heavy atom. The average molecular weight is 265 g/mol. The third kappa shape index (κ3) is 1.59. The maximum absolute atomic E-state index is 9.91. The quantitative estimate of drug-likeness (QED) is 0.484. The zero-order chi connectivity index (χ0) is 13.6. The Labute approximate surface area is 106 Å². The Kier molecular flexibility index (Phi) is 2.50. The number of aliphatic hydroxyl groups is 3. The number of nitrogens with two attached hydrogens (primary N) is 1. The van der Waals surface area contributed by atoms with Crippen LogP contribution >= 0.6 is 0 Å². The molecule has 0 saturated carbocycles. The van der Waals surface area contributed by atoms with Crippen molar-refractivity contribution in [2.45, 2.75) is 18.4 Å². The second-order valence-electron chi connectivity index (χ2n) is 4.06. The van der Waals surface area contributed by atoms with Crippen LogP contribution in [0.25, 0.3) is 11.2 Å². The van der Waals surface area contributed by atoms with Crippen LogP contribution in [0, 0.1) is 0 Å². The highest BCUT2D eigenvalue weighted by atomic mass is 16.6. The highest BCUT2D eigenvalue weighted by Gasteiger charge is 2.41. The standard InChI is InChI=1S/C10H11N5O4/c11-8-5-9(13-2-12-8)15(3-14-5)10-7(18)6(17)4(1-16)19-10/h1-3,6-7,10,16-18H,(H2,11,12,13)/b4-1-/t6-,7-,10-/m1/s1. The van der Waals surface area contributed by atoms with Gasteiger partial charge in [0.05, 0.1) is 0 Å². The lowest BCUT2D eigenvalue weighted by Gasteiger charge is -2.15. The maximum Gasteiger partial charge on any atom is 0.207 e. The van der Waals surface area contributed by atoms with E-state index in [1.54, 1.807) is 0 Å². The van der Waals surface area contributed by atoms with Crippen molar-refractivity contribution in [3.63, 3.8) is 0 Å². The van der Waals surface area contributed by atoms with Gasteiger partial charge >= 0.3 is 0 Å². The smallest absolute Gasteiger partial charge is 0.207 e. The van der Waals surface area contributed by atoms with Crippen LogP contribution in [0.1, 0.15) is 6.23 Å². The van der Waals surface area contributed by atoms with Gasteiger partial charge in [-0.15, -0.1) is 0 Å². The summed E-state index contributed by atoms with van der Waals surface area (Å²) in [6, 6.07) is 0. The van der Waals surface area contributed by atoms with Gasteiger partial charge < -0.3 is 25.8 Å². The van der Waals surface area contributed by atoms with Crippen LogP contribution in [0.2, 0.25) is 0 Å². The van der Waals surface area contributed by atoms with Crippen molar-refractivity contribution in [2.24, 2.45) is 0 Å². The summed E-state index contributed by atoms with van der Waals surface area (Å²) in [6.45, 7) is 0. The zero-order valence-corrected chi connectivity index (χ0v) is 9.58. The molecule has 9 nitrogen and oxygen atoms in total. The van der Waals surface area contributed by atoms with Gasteiger partial charge in [0, 0.05) is 0 Å². The topological polar surface area (TPSA) is 140 Å². The molecule has 0 aromatic carbocycles. The first kappa shape index (κ1) is 11.7. The highest BCUT2D eigenvalue weighted by Crippen LogP contribution is 2.33. The molecule has 1 saturated heterocycles. The van der Waals surface area contributed by atoms with E-state index in [0.29, 0.717) is 17.4 Å². The predicted octanol–water partition coefficient (Wildman–Crippen LogP) is -0.942. The van der Waals surface area contributed by atoms with E-state index in [1.165, 1.54) is 17.2 Å². The lowest BCUT2D eigenvalue weighted by Crippen LogP contribution is -2.27. The van der Waals surface area contributed by atoms with Gasteiger partial charge in [0.1, 0.15) is 36.6 Å². The van der Waals surface area contributed by atoms with Gasteiger partial charge in [0.2, 0.25) is 6.23 Å². The molecule has 0 unspecified atom stereocenters. The first-order valence-electron chi connectivity index (χ1n) is 5.43. The second kappa shape index (κ2) is 4.07. The lowest BCUT2D eigenvalue weighted by molar-refractivity contribution is -0.0121. The minimum atomic E-state index is -1.31. The van der Waals surface area contributed by atoms with Crippen LogP contribution in [-0.2, 0) is 4.74 Å². The molecule has 100 valence electrons. The molecule has 0 bridgehead atoms. The van der Waals surface area contributed by atoms with Crippen LogP contribution in [0.4, 0.5) is 5.82 Å². The van der Waals surface area contributed by atoms with Gasteiger partial charge in [0.15, 0.2) is 17.2 Å². The van der Waals surface area contributed by atoms with Crippen LogP contribution in [0.3, 0.4) is 0 Å². The number of hydrogen-bond acceptors (Lipinski definition) is 8. The normalized spacial score (nSPS) is 28.9. The van der Waals surface area contributed by atoms with E-state index in [-0.39, 0.29) is 11.6 Å². The SMILES string of the molecule is Nc1ncnc2c1ncn2[C@@H]1O/C(=C\O)[C@@H](O)[C@H]1O. The molecule has 1 aliphatic rings. The number of hydrogen-bond donors (Lipinski definition) is 4. The van der Waals surface area contributed by atoms with Crippen molar-refractivity contribution in [2.75, 3.05) is 5.73 Å². The van der Waals surface area contributed by atoms with Gasteiger partial charge in [0.25, 0.3) is 0 Å². The Hall–Kier alpha value is -2.39. The third-order valence-corrected chi connectivity index (χ3v) is 2.95. The summed E-state index contributed by atoms with van der Waals surface area (Å²) in [6.07, 6.45) is -0.282. The second-order valence-corrected chi connectivity index (χ2v) is 4.06. The minimum Gasteiger partial charge on any atom is -0.512 e. The Morgan fingerprint density at radius 1 is 1.32 bits per heavy atom. The van der Waals surface area contributed by atoms with E-state index >= 15 is 0 Å². The van der Waals surface area contributed by atoms with Gasteiger partial charge in [-0.05, 0) is 0 Å². The molecule has 9 heteroatoms. The predicted molar refractivity (Wildman–Crippen MR) is 62.6 cm³/mol. The van der Waals surface area contributed by atoms with Gasteiger partial charge in [-0.25, -0.2) is 15.0 Å². The molecular weight excluding hydrogens is 254 g/mol. The van der Waals surface area contributed by atoms with Crippen molar-refractivity contribution < 1.29 is 20.1 Å². The molecule has 1 fully saturated rings. The molecule has 0 radical (unpaired) electrons. The maximum atomic E-state index is 9.91. The van der Waals surface area contributed by atoms with Crippen molar-refractivity contribution in [1.29, 1.82) is 0 Å². The zero-order valence-electron chi connectivity index (χ0n) is 9.58. The summed E-state index contributed by atoms with van der Waals surface area (Å²) in [7, 11) is 0. The van der Waals surface area contributed by atoms with E-state index in [4.69, 9.17) is 15.6 Å². The van der Waals surface area contributed by atoms with E-state index < -0.39 is 18.4 Å². The first-order chi connectivity index (χ1) is 9.13. The Balaban J connectivity index is 2.09. The summed E-state index contributed by atoms with van der Waals surface area (Å²) in [5, 5.41) is 28.5. The number of nitrogen functional groups attached to an aromatic ring is 1. The lowest BCUT2D eigenvalue weighted by atomic mass is 10.2. The summed E-state index contributed by atoms with van der Waals surface area (Å²) in [4.78, 5) is 11.8. The number of anilines is 1. The summed E-state index contributed by atoms with van der Waals surface area (Å²) < 4.78 is 6.67. The molecule has 0 amide bonds. The molecule has 2 aromatic heterocycles.